The highest BCUT2D eigenvalue weighted by atomic mass is 35.5. The first-order valence-electron chi connectivity index (χ1n) is 19.8. The van der Waals surface area contributed by atoms with Crippen LogP contribution in [0.25, 0.3) is 4.85 Å². The lowest BCUT2D eigenvalue weighted by atomic mass is 9.49. The summed E-state index contributed by atoms with van der Waals surface area (Å²) in [5, 5.41) is 2.57. The summed E-state index contributed by atoms with van der Waals surface area (Å²) in [6.07, 6.45) is 1.50. The van der Waals surface area contributed by atoms with Gasteiger partial charge in [0, 0.05) is 73.2 Å². The number of ether oxygens (including phenoxy) is 1. The minimum Gasteiger partial charge on any atom is -0.489 e. The Hall–Kier alpha value is -5.58. The van der Waals surface area contributed by atoms with Crippen LogP contribution >= 0.6 is 11.6 Å². The van der Waals surface area contributed by atoms with E-state index in [0.717, 1.165) is 34.4 Å². The van der Waals surface area contributed by atoms with Crippen LogP contribution in [0.1, 0.15) is 112 Å². The van der Waals surface area contributed by atoms with Crippen LogP contribution in [0.2, 0.25) is 5.02 Å². The molecule has 14 heteroatoms. The van der Waals surface area contributed by atoms with E-state index in [-0.39, 0.29) is 42.8 Å². The average Bonchev–Trinajstić information content (AvgIpc) is 3.83. The molecule has 5 aliphatic heterocycles. The number of carbonyl (C=O) groups excluding carboxylic acids is 6. The monoisotopic (exact) mass is 802 g/mol. The molecule has 6 aliphatic rings. The van der Waals surface area contributed by atoms with Gasteiger partial charge in [0.2, 0.25) is 17.5 Å². The highest BCUT2D eigenvalue weighted by Crippen LogP contribution is 2.59. The zero-order chi connectivity index (χ0) is 41.0. The number of nitrogens with zero attached hydrogens (tertiary/aromatic N) is 5. The van der Waals surface area contributed by atoms with E-state index in [0.29, 0.717) is 71.4 Å². The predicted octanol–water partition coefficient (Wildman–Crippen LogP) is 5.75. The minimum atomic E-state index is -0.997. The van der Waals surface area contributed by atoms with E-state index in [1.165, 1.54) is 0 Å². The van der Waals surface area contributed by atoms with Crippen LogP contribution in [0.3, 0.4) is 0 Å². The number of rotatable bonds is 6. The lowest BCUT2D eigenvalue weighted by molar-refractivity contribution is -0.199. The third kappa shape index (κ3) is 5.82. The van der Waals surface area contributed by atoms with Gasteiger partial charge in [-0.05, 0) is 78.4 Å². The zero-order valence-electron chi connectivity index (χ0n) is 32.8. The summed E-state index contributed by atoms with van der Waals surface area (Å²) in [5.74, 6) is -1.58. The molecule has 3 fully saturated rings. The lowest BCUT2D eigenvalue weighted by Crippen LogP contribution is -2.74. The Kier molecular flexibility index (Phi) is 8.83. The van der Waals surface area contributed by atoms with E-state index in [9.17, 15) is 28.8 Å². The summed E-state index contributed by atoms with van der Waals surface area (Å²) < 4.78 is 6.47. The Balaban J connectivity index is 0.819. The molecule has 0 aromatic heterocycles. The van der Waals surface area contributed by atoms with Crippen molar-refractivity contribution in [3.8, 4) is 5.75 Å². The fourth-order valence-corrected chi connectivity index (χ4v) is 11.2. The Bertz CT molecular complexity index is 2350. The van der Waals surface area contributed by atoms with Crippen LogP contribution in [-0.4, -0.2) is 92.4 Å². The van der Waals surface area contributed by atoms with Crippen molar-refractivity contribution in [1.29, 1.82) is 0 Å². The maximum Gasteiger partial charge on any atom is 0.262 e. The first-order valence-corrected chi connectivity index (χ1v) is 20.1. The molecule has 3 aromatic rings. The van der Waals surface area contributed by atoms with Gasteiger partial charge in [-0.3, -0.25) is 43.9 Å². The predicted molar refractivity (Wildman–Crippen MR) is 211 cm³/mol. The Morgan fingerprint density at radius 2 is 1.47 bits per heavy atom. The second-order valence-corrected chi connectivity index (χ2v) is 18.0. The van der Waals surface area contributed by atoms with Gasteiger partial charge in [-0.1, -0.05) is 45.4 Å². The highest BCUT2D eigenvalue weighted by molar-refractivity contribution is 6.33. The molecule has 0 radical (unpaired) electrons. The summed E-state index contributed by atoms with van der Waals surface area (Å²) >= 11 is 6.29. The fourth-order valence-electron chi connectivity index (χ4n) is 11.0. The molecule has 9 rings (SSSR count). The van der Waals surface area contributed by atoms with Crippen LogP contribution in [0.5, 0.6) is 5.75 Å². The van der Waals surface area contributed by atoms with E-state index in [2.05, 4.69) is 42.8 Å². The molecule has 5 heterocycles. The van der Waals surface area contributed by atoms with E-state index < -0.39 is 40.5 Å². The van der Waals surface area contributed by atoms with Gasteiger partial charge in [0.15, 0.2) is 0 Å². The van der Waals surface area contributed by atoms with Gasteiger partial charge in [-0.25, -0.2) is 4.85 Å². The number of amides is 6. The van der Waals surface area contributed by atoms with E-state index in [4.69, 9.17) is 22.9 Å². The molecule has 298 valence electrons. The molecule has 6 amide bonds. The van der Waals surface area contributed by atoms with Crippen molar-refractivity contribution in [2.24, 2.45) is 10.8 Å². The van der Waals surface area contributed by atoms with Gasteiger partial charge < -0.3 is 14.5 Å². The molecule has 1 saturated carbocycles. The lowest BCUT2D eigenvalue weighted by Gasteiger charge is -2.65. The van der Waals surface area contributed by atoms with Crippen LogP contribution in [0.15, 0.2) is 48.5 Å². The van der Waals surface area contributed by atoms with E-state index in [1.807, 2.05) is 15.9 Å². The van der Waals surface area contributed by atoms with Crippen molar-refractivity contribution < 1.29 is 33.5 Å². The maximum absolute atomic E-state index is 13.9. The first-order chi connectivity index (χ1) is 27.6. The topological polar surface area (TPSA) is 141 Å². The molecular formula is C44H43ClN6O7. The molecule has 2 saturated heterocycles. The molecule has 13 nitrogen and oxygen atoms in total. The summed E-state index contributed by atoms with van der Waals surface area (Å²) in [5.41, 5.74) is 4.09. The van der Waals surface area contributed by atoms with Crippen LogP contribution in [0, 0.1) is 17.4 Å². The normalized spacial score (nSPS) is 24.9. The summed E-state index contributed by atoms with van der Waals surface area (Å²) in [7, 11) is 0. The Morgan fingerprint density at radius 3 is 2.07 bits per heavy atom. The molecule has 3 aromatic carbocycles. The zero-order valence-corrected chi connectivity index (χ0v) is 33.5. The largest absolute Gasteiger partial charge is 0.489 e. The maximum atomic E-state index is 13.9. The number of likely N-dealkylation sites (tertiary alicyclic amines) is 1. The quantitative estimate of drug-likeness (QED) is 0.246. The smallest absolute Gasteiger partial charge is 0.262 e. The number of hydrogen-bond acceptors (Lipinski definition) is 8. The molecule has 0 bridgehead atoms. The van der Waals surface area contributed by atoms with Crippen molar-refractivity contribution in [2.75, 3.05) is 13.1 Å². The SMILES string of the molecule is [C-]#[N+]c1ccc(OC2C(C)(C)C(N3Cc4cc(C(=O)N5CCC(N6Cc7cc8c(cc7C6)C(=O)N(C6CCC(=O)NC6=O)C8=O)CC5)ccc4C3=O)C2(C)C)cc1Cl. The number of imide groups is 2. The number of fused-ring (bicyclic) bond motifs is 3. The second-order valence-electron chi connectivity index (χ2n) is 17.6. The van der Waals surface area contributed by atoms with Crippen molar-refractivity contribution in [1.82, 2.24) is 24.9 Å². The van der Waals surface area contributed by atoms with Gasteiger partial charge in [0.05, 0.1) is 22.7 Å². The number of halogens is 1. The fraction of sp³-hybridized carbons (Fsp3) is 0.432. The molecule has 1 N–H and O–H groups in total. The summed E-state index contributed by atoms with van der Waals surface area (Å²) in [4.78, 5) is 89.2. The van der Waals surface area contributed by atoms with Gasteiger partial charge >= 0.3 is 0 Å². The second kappa shape index (κ2) is 13.5. The van der Waals surface area contributed by atoms with Crippen molar-refractivity contribution >= 4 is 52.7 Å². The van der Waals surface area contributed by atoms with Gasteiger partial charge in [-0.15, -0.1) is 0 Å². The van der Waals surface area contributed by atoms with E-state index >= 15 is 0 Å². The van der Waals surface area contributed by atoms with Crippen LogP contribution in [0.4, 0.5) is 5.69 Å². The van der Waals surface area contributed by atoms with Crippen LogP contribution < -0.4 is 10.1 Å². The van der Waals surface area contributed by atoms with Crippen molar-refractivity contribution in [3.63, 3.8) is 0 Å². The van der Waals surface area contributed by atoms with E-state index in [1.54, 1.807) is 42.5 Å². The number of carbonyl (C=O) groups is 6. The summed E-state index contributed by atoms with van der Waals surface area (Å²) in [6, 6.07) is 13.1. The number of benzene rings is 3. The van der Waals surface area contributed by atoms with Crippen molar-refractivity contribution in [2.45, 2.75) is 97.2 Å². The highest BCUT2D eigenvalue weighted by Gasteiger charge is 2.67. The number of piperidine rings is 2. The average molecular weight is 803 g/mol. The Labute approximate surface area is 341 Å². The third-order valence-corrected chi connectivity index (χ3v) is 13.6. The molecule has 1 aliphatic carbocycles. The standard InChI is InChI=1S/C44H43ClN6O7/c1-43(2)41(44(3,4)42(43)58-28-7-9-33(46-5)32(45)19-28)50-22-26-16-23(6-8-29(26)38(50)55)37(54)48-14-12-27(13-15-48)49-20-24-17-30-31(18-25(24)21-49)40(57)51(39(30)56)34-10-11-35(52)47-36(34)53/h6-9,16-19,27,34,41-42H,10-15,20-22H2,1-4H3,(H,47,52,53). The minimum absolute atomic E-state index is 0.0546. The first kappa shape index (κ1) is 38.0. The van der Waals surface area contributed by atoms with Crippen LogP contribution in [-0.2, 0) is 29.2 Å². The number of hydrogen-bond donors (Lipinski definition) is 1. The molecule has 0 spiro atoms. The van der Waals surface area contributed by atoms with Crippen molar-refractivity contribution in [3.05, 3.63) is 104 Å². The number of nitrogens with one attached hydrogen (secondary N) is 1. The molecule has 58 heavy (non-hydrogen) atoms. The Morgan fingerprint density at radius 1 is 0.810 bits per heavy atom. The van der Waals surface area contributed by atoms with Gasteiger partial charge in [-0.2, -0.15) is 0 Å². The molecule has 1 atom stereocenters. The summed E-state index contributed by atoms with van der Waals surface area (Å²) in [6.45, 7) is 18.5. The van der Waals surface area contributed by atoms with Gasteiger partial charge in [0.1, 0.15) is 17.9 Å². The third-order valence-electron chi connectivity index (χ3n) is 13.3. The van der Waals surface area contributed by atoms with Gasteiger partial charge in [0.25, 0.3) is 23.6 Å². The molecular weight excluding hydrogens is 760 g/mol. The molecule has 1 unspecified atom stereocenters.